The fraction of sp³-hybridized carbons (Fsp3) is 0.333. The van der Waals surface area contributed by atoms with Crippen molar-refractivity contribution >= 4 is 23.2 Å². The first-order chi connectivity index (χ1) is 4.22. The van der Waals surface area contributed by atoms with Gasteiger partial charge in [0.15, 0.2) is 0 Å². The Morgan fingerprint density at radius 1 is 1.78 bits per heavy atom. The zero-order chi connectivity index (χ0) is 7.28. The lowest BCUT2D eigenvalue weighted by atomic mass is 10.5. The summed E-state index contributed by atoms with van der Waals surface area (Å²) in [6, 6.07) is 0. The maximum atomic E-state index is 5.50. The SMILES string of the molecule is C=C(OCC)/C(Cl)=C/Cl. The topological polar surface area (TPSA) is 9.23 Å². The third kappa shape index (κ3) is 3.44. The highest BCUT2D eigenvalue weighted by Crippen LogP contribution is 2.14. The lowest BCUT2D eigenvalue weighted by molar-refractivity contribution is 0.242. The molecule has 0 aromatic carbocycles. The van der Waals surface area contributed by atoms with E-state index in [4.69, 9.17) is 27.9 Å². The molecule has 0 aliphatic carbocycles. The molecule has 0 aliphatic heterocycles. The van der Waals surface area contributed by atoms with Crippen LogP contribution < -0.4 is 0 Å². The third-order valence-corrected chi connectivity index (χ3v) is 1.33. The van der Waals surface area contributed by atoms with E-state index in [1.807, 2.05) is 6.92 Å². The summed E-state index contributed by atoms with van der Waals surface area (Å²) >= 11 is 10.7. The first-order valence-corrected chi connectivity index (χ1v) is 3.31. The molecule has 0 atom stereocenters. The Kier molecular flexibility index (Phi) is 4.64. The molecule has 0 aliphatic rings. The molecule has 0 heterocycles. The maximum absolute atomic E-state index is 5.50. The number of hydrogen-bond donors (Lipinski definition) is 0. The van der Waals surface area contributed by atoms with Crippen molar-refractivity contribution in [2.24, 2.45) is 0 Å². The normalized spacial score (nSPS) is 11.2. The number of rotatable bonds is 3. The van der Waals surface area contributed by atoms with Gasteiger partial charge in [0.1, 0.15) is 5.76 Å². The van der Waals surface area contributed by atoms with Crippen LogP contribution in [0.15, 0.2) is 22.9 Å². The first-order valence-electron chi connectivity index (χ1n) is 2.50. The Morgan fingerprint density at radius 2 is 2.33 bits per heavy atom. The quantitative estimate of drug-likeness (QED) is 0.463. The largest absolute Gasteiger partial charge is 0.493 e. The average Bonchev–Trinajstić information content (AvgIpc) is 1.87. The molecule has 0 N–H and O–H groups in total. The van der Waals surface area contributed by atoms with Crippen LogP contribution in [0.4, 0.5) is 0 Å². The van der Waals surface area contributed by atoms with Crippen LogP contribution in [0.1, 0.15) is 6.92 Å². The predicted octanol–water partition coefficient (Wildman–Crippen LogP) is 2.86. The first kappa shape index (κ1) is 8.86. The fourth-order valence-electron chi connectivity index (χ4n) is 0.304. The van der Waals surface area contributed by atoms with E-state index in [1.165, 1.54) is 5.54 Å². The molecule has 0 spiro atoms. The van der Waals surface area contributed by atoms with Crippen LogP contribution in [0, 0.1) is 0 Å². The molecule has 9 heavy (non-hydrogen) atoms. The van der Waals surface area contributed by atoms with E-state index >= 15 is 0 Å². The number of hydrogen-bond acceptors (Lipinski definition) is 1. The lowest BCUT2D eigenvalue weighted by Crippen LogP contribution is -1.88. The molecule has 0 unspecified atom stereocenters. The molecule has 0 fully saturated rings. The van der Waals surface area contributed by atoms with E-state index in [0.717, 1.165) is 0 Å². The van der Waals surface area contributed by atoms with Crippen LogP contribution in [0.25, 0.3) is 0 Å². The number of halogens is 2. The van der Waals surface area contributed by atoms with Crippen LogP contribution in [0.3, 0.4) is 0 Å². The van der Waals surface area contributed by atoms with E-state index < -0.39 is 0 Å². The van der Waals surface area contributed by atoms with Crippen LogP contribution in [0.2, 0.25) is 0 Å². The highest BCUT2D eigenvalue weighted by Gasteiger charge is 1.95. The average molecular weight is 167 g/mol. The molecule has 0 aromatic rings. The zero-order valence-corrected chi connectivity index (χ0v) is 6.67. The van der Waals surface area contributed by atoms with Gasteiger partial charge in [-0.05, 0) is 6.92 Å². The van der Waals surface area contributed by atoms with Gasteiger partial charge in [-0.2, -0.15) is 0 Å². The molecular formula is C6H8Cl2O. The van der Waals surface area contributed by atoms with Crippen LogP contribution in [0.5, 0.6) is 0 Å². The van der Waals surface area contributed by atoms with Gasteiger partial charge in [-0.25, -0.2) is 0 Å². The summed E-state index contributed by atoms with van der Waals surface area (Å²) < 4.78 is 4.92. The van der Waals surface area contributed by atoms with E-state index in [1.54, 1.807) is 0 Å². The lowest BCUT2D eigenvalue weighted by Gasteiger charge is -2.02. The summed E-state index contributed by atoms with van der Waals surface area (Å²) in [6.45, 7) is 5.91. The van der Waals surface area contributed by atoms with E-state index in [9.17, 15) is 0 Å². The molecule has 3 heteroatoms. The van der Waals surface area contributed by atoms with Crippen molar-refractivity contribution in [3.63, 3.8) is 0 Å². The molecule has 0 amide bonds. The molecular weight excluding hydrogens is 159 g/mol. The summed E-state index contributed by atoms with van der Waals surface area (Å²) in [6.07, 6.45) is 0. The van der Waals surface area contributed by atoms with Crippen LogP contribution in [-0.4, -0.2) is 6.61 Å². The van der Waals surface area contributed by atoms with Crippen molar-refractivity contribution in [1.29, 1.82) is 0 Å². The Labute approximate surface area is 64.9 Å². The molecule has 0 rings (SSSR count). The summed E-state index contributed by atoms with van der Waals surface area (Å²) in [4.78, 5) is 0. The van der Waals surface area contributed by atoms with E-state index in [-0.39, 0.29) is 0 Å². The van der Waals surface area contributed by atoms with Crippen molar-refractivity contribution in [3.05, 3.63) is 22.9 Å². The van der Waals surface area contributed by atoms with Crippen molar-refractivity contribution in [2.75, 3.05) is 6.61 Å². The summed E-state index contributed by atoms with van der Waals surface area (Å²) in [7, 11) is 0. The van der Waals surface area contributed by atoms with Crippen molar-refractivity contribution in [3.8, 4) is 0 Å². The Bertz CT molecular complexity index is 129. The predicted molar refractivity (Wildman–Crippen MR) is 40.6 cm³/mol. The second kappa shape index (κ2) is 4.71. The van der Waals surface area contributed by atoms with Gasteiger partial charge in [0, 0.05) is 5.54 Å². The van der Waals surface area contributed by atoms with Gasteiger partial charge >= 0.3 is 0 Å². The molecule has 0 saturated carbocycles. The van der Waals surface area contributed by atoms with Crippen molar-refractivity contribution in [1.82, 2.24) is 0 Å². The molecule has 0 bridgehead atoms. The van der Waals surface area contributed by atoms with Gasteiger partial charge in [-0.1, -0.05) is 29.8 Å². The fourth-order valence-corrected chi connectivity index (χ4v) is 0.480. The molecule has 0 radical (unpaired) electrons. The van der Waals surface area contributed by atoms with E-state index in [2.05, 4.69) is 6.58 Å². The van der Waals surface area contributed by atoms with E-state index in [0.29, 0.717) is 17.4 Å². The summed E-state index contributed by atoms with van der Waals surface area (Å²) in [5, 5.41) is 0.346. The second-order valence-corrected chi connectivity index (χ2v) is 1.94. The van der Waals surface area contributed by atoms with Crippen molar-refractivity contribution in [2.45, 2.75) is 6.92 Å². The second-order valence-electron chi connectivity index (χ2n) is 1.31. The number of allylic oxidation sites excluding steroid dienone is 1. The Morgan fingerprint density at radius 3 is 2.67 bits per heavy atom. The number of ether oxygens (including phenoxy) is 1. The third-order valence-electron chi connectivity index (χ3n) is 0.681. The molecule has 0 saturated heterocycles. The summed E-state index contributed by atoms with van der Waals surface area (Å²) in [5.74, 6) is 0.411. The Hall–Kier alpha value is -0.140. The van der Waals surface area contributed by atoms with Crippen molar-refractivity contribution < 1.29 is 4.74 Å². The molecule has 52 valence electrons. The highest BCUT2D eigenvalue weighted by atomic mass is 35.5. The maximum Gasteiger partial charge on any atom is 0.131 e. The van der Waals surface area contributed by atoms with Gasteiger partial charge in [-0.15, -0.1) is 0 Å². The zero-order valence-electron chi connectivity index (χ0n) is 5.16. The minimum atomic E-state index is 0.346. The minimum Gasteiger partial charge on any atom is -0.493 e. The smallest absolute Gasteiger partial charge is 0.131 e. The summed E-state index contributed by atoms with van der Waals surface area (Å²) in [5.41, 5.74) is 1.22. The van der Waals surface area contributed by atoms with Gasteiger partial charge in [0.2, 0.25) is 0 Å². The minimum absolute atomic E-state index is 0.346. The Balaban J connectivity index is 3.74. The monoisotopic (exact) mass is 166 g/mol. The standard InChI is InChI=1S/C6H8Cl2O/c1-3-9-5(2)6(8)4-7/h4H,2-3H2,1H3/b6-4-. The van der Waals surface area contributed by atoms with Crippen LogP contribution in [-0.2, 0) is 4.74 Å². The van der Waals surface area contributed by atoms with Gasteiger partial charge in [-0.3, -0.25) is 0 Å². The van der Waals surface area contributed by atoms with Gasteiger partial charge < -0.3 is 4.74 Å². The van der Waals surface area contributed by atoms with Gasteiger partial charge in [0.25, 0.3) is 0 Å². The highest BCUT2D eigenvalue weighted by molar-refractivity contribution is 6.38. The molecule has 1 nitrogen and oxygen atoms in total. The van der Waals surface area contributed by atoms with Gasteiger partial charge in [0.05, 0.1) is 11.6 Å². The molecule has 0 aromatic heterocycles. The van der Waals surface area contributed by atoms with Crippen LogP contribution >= 0.6 is 23.2 Å².